The van der Waals surface area contributed by atoms with Gasteiger partial charge >= 0.3 is 0 Å². The molecule has 3 rings (SSSR count). The zero-order valence-corrected chi connectivity index (χ0v) is 13.5. The van der Waals surface area contributed by atoms with Gasteiger partial charge in [-0.3, -0.25) is 4.79 Å². The predicted octanol–water partition coefficient (Wildman–Crippen LogP) is 3.59. The Morgan fingerprint density at radius 3 is 2.50 bits per heavy atom. The van der Waals surface area contributed by atoms with E-state index in [9.17, 15) is 9.90 Å². The van der Waals surface area contributed by atoms with Gasteiger partial charge in [-0.15, -0.1) is 0 Å². The van der Waals surface area contributed by atoms with Crippen LogP contribution < -0.4 is 5.32 Å². The van der Waals surface area contributed by atoms with Crippen molar-refractivity contribution < 1.29 is 9.90 Å². The monoisotopic (exact) mass is 341 g/mol. The van der Waals surface area contributed by atoms with E-state index in [0.29, 0.717) is 16.3 Å². The number of rotatable bonds is 5. The average molecular weight is 342 g/mol. The van der Waals surface area contributed by atoms with Crippen molar-refractivity contribution in [3.05, 3.63) is 77.8 Å². The molecule has 122 valence electrons. The molecule has 0 fully saturated rings. The summed E-state index contributed by atoms with van der Waals surface area (Å²) in [5.41, 5.74) is 2.28. The summed E-state index contributed by atoms with van der Waals surface area (Å²) in [6.07, 6.45) is 4.36. The average Bonchev–Trinajstić information content (AvgIpc) is 3.10. The molecule has 5 nitrogen and oxygen atoms in total. The number of amides is 1. The van der Waals surface area contributed by atoms with Crippen LogP contribution in [0.5, 0.6) is 0 Å². The van der Waals surface area contributed by atoms with Crippen LogP contribution in [0.25, 0.3) is 5.69 Å². The summed E-state index contributed by atoms with van der Waals surface area (Å²) in [7, 11) is 0. The van der Waals surface area contributed by atoms with Crippen LogP contribution in [0.4, 0.5) is 5.69 Å². The van der Waals surface area contributed by atoms with Gasteiger partial charge in [0.05, 0.1) is 18.9 Å². The summed E-state index contributed by atoms with van der Waals surface area (Å²) >= 11 is 5.81. The number of halogens is 1. The second-order valence-corrected chi connectivity index (χ2v) is 5.77. The summed E-state index contributed by atoms with van der Waals surface area (Å²) in [5, 5.41) is 13.5. The van der Waals surface area contributed by atoms with Gasteiger partial charge in [0.2, 0.25) is 5.91 Å². The SMILES string of the molecule is O=C(CC(O)c1ccc(Cl)cc1)Nc1ccc(-n2ccnc2)cc1. The Hall–Kier alpha value is -2.63. The van der Waals surface area contributed by atoms with Crippen molar-refractivity contribution in [2.24, 2.45) is 0 Å². The fourth-order valence-corrected chi connectivity index (χ4v) is 2.45. The van der Waals surface area contributed by atoms with E-state index in [1.54, 1.807) is 36.8 Å². The molecule has 24 heavy (non-hydrogen) atoms. The lowest BCUT2D eigenvalue weighted by molar-refractivity contribution is -0.118. The molecule has 1 unspecified atom stereocenters. The molecule has 3 aromatic rings. The number of carbonyl (C=O) groups excluding carboxylic acids is 1. The van der Waals surface area contributed by atoms with Gasteiger partial charge in [-0.1, -0.05) is 23.7 Å². The molecule has 0 aliphatic heterocycles. The third-order valence-corrected chi connectivity index (χ3v) is 3.84. The number of benzene rings is 2. The van der Waals surface area contributed by atoms with Crippen LogP contribution in [0.2, 0.25) is 5.02 Å². The first-order valence-corrected chi connectivity index (χ1v) is 7.81. The van der Waals surface area contributed by atoms with E-state index in [2.05, 4.69) is 10.3 Å². The Bertz CT molecular complexity index is 799. The molecule has 0 radical (unpaired) electrons. The molecule has 6 heteroatoms. The van der Waals surface area contributed by atoms with E-state index in [1.165, 1.54) is 0 Å². The third kappa shape index (κ3) is 4.01. The van der Waals surface area contributed by atoms with Crippen molar-refractivity contribution in [2.75, 3.05) is 5.32 Å². The van der Waals surface area contributed by atoms with Crippen LogP contribution in [0, 0.1) is 0 Å². The Labute approximate surface area is 144 Å². The highest BCUT2D eigenvalue weighted by Crippen LogP contribution is 2.20. The van der Waals surface area contributed by atoms with Crippen molar-refractivity contribution in [1.82, 2.24) is 9.55 Å². The maximum Gasteiger partial charge on any atom is 0.227 e. The lowest BCUT2D eigenvalue weighted by Crippen LogP contribution is -2.15. The smallest absolute Gasteiger partial charge is 0.227 e. The molecule has 0 saturated carbocycles. The van der Waals surface area contributed by atoms with E-state index >= 15 is 0 Å². The van der Waals surface area contributed by atoms with Gasteiger partial charge in [0.15, 0.2) is 0 Å². The standard InChI is InChI=1S/C18H16ClN3O2/c19-14-3-1-13(2-4-14)17(23)11-18(24)21-15-5-7-16(8-6-15)22-10-9-20-12-22/h1-10,12,17,23H,11H2,(H,21,24). The number of aliphatic hydroxyl groups is 1. The number of aliphatic hydroxyl groups excluding tert-OH is 1. The predicted molar refractivity (Wildman–Crippen MR) is 93.2 cm³/mol. The number of hydrogen-bond acceptors (Lipinski definition) is 3. The van der Waals surface area contributed by atoms with Crippen LogP contribution >= 0.6 is 11.6 Å². The number of nitrogens with one attached hydrogen (secondary N) is 1. The van der Waals surface area contributed by atoms with Gasteiger partial charge < -0.3 is 15.0 Å². The molecule has 0 aliphatic rings. The Morgan fingerprint density at radius 2 is 1.88 bits per heavy atom. The number of hydrogen-bond donors (Lipinski definition) is 2. The summed E-state index contributed by atoms with van der Waals surface area (Å²) in [6.45, 7) is 0. The summed E-state index contributed by atoms with van der Waals surface area (Å²) in [5.74, 6) is -0.257. The van der Waals surface area contributed by atoms with E-state index in [0.717, 1.165) is 5.69 Å². The van der Waals surface area contributed by atoms with Crippen molar-refractivity contribution >= 4 is 23.2 Å². The quantitative estimate of drug-likeness (QED) is 0.745. The number of nitrogens with zero attached hydrogens (tertiary/aromatic N) is 2. The molecule has 0 bridgehead atoms. The highest BCUT2D eigenvalue weighted by Gasteiger charge is 2.13. The highest BCUT2D eigenvalue weighted by molar-refractivity contribution is 6.30. The van der Waals surface area contributed by atoms with Crippen molar-refractivity contribution in [3.63, 3.8) is 0 Å². The molecule has 0 saturated heterocycles. The minimum absolute atomic E-state index is 0.0229. The molecular weight excluding hydrogens is 326 g/mol. The minimum Gasteiger partial charge on any atom is -0.388 e. The zero-order valence-electron chi connectivity index (χ0n) is 12.8. The van der Waals surface area contributed by atoms with Crippen LogP contribution in [0.3, 0.4) is 0 Å². The molecule has 0 spiro atoms. The van der Waals surface area contributed by atoms with Gasteiger partial charge in [0.25, 0.3) is 0 Å². The van der Waals surface area contributed by atoms with Gasteiger partial charge in [0, 0.05) is 28.8 Å². The zero-order chi connectivity index (χ0) is 16.9. The maximum absolute atomic E-state index is 12.1. The molecule has 1 aromatic heterocycles. The van der Waals surface area contributed by atoms with E-state index < -0.39 is 6.10 Å². The lowest BCUT2D eigenvalue weighted by Gasteiger charge is -2.12. The Morgan fingerprint density at radius 1 is 1.17 bits per heavy atom. The molecule has 1 atom stereocenters. The number of carbonyl (C=O) groups is 1. The second kappa shape index (κ2) is 7.29. The topological polar surface area (TPSA) is 67.2 Å². The largest absolute Gasteiger partial charge is 0.388 e. The first-order valence-electron chi connectivity index (χ1n) is 7.43. The van der Waals surface area contributed by atoms with Gasteiger partial charge in [-0.25, -0.2) is 4.98 Å². The van der Waals surface area contributed by atoms with Crippen molar-refractivity contribution in [2.45, 2.75) is 12.5 Å². The summed E-state index contributed by atoms with van der Waals surface area (Å²) in [4.78, 5) is 16.1. The number of aromatic nitrogens is 2. The normalized spacial score (nSPS) is 11.9. The summed E-state index contributed by atoms with van der Waals surface area (Å²) < 4.78 is 1.87. The minimum atomic E-state index is -0.868. The number of anilines is 1. The Balaban J connectivity index is 1.59. The van der Waals surface area contributed by atoms with Gasteiger partial charge in [0.1, 0.15) is 0 Å². The highest BCUT2D eigenvalue weighted by atomic mass is 35.5. The Kier molecular flexibility index (Phi) is 4.93. The van der Waals surface area contributed by atoms with E-state index in [1.807, 2.05) is 35.0 Å². The van der Waals surface area contributed by atoms with Gasteiger partial charge in [-0.05, 0) is 42.0 Å². The second-order valence-electron chi connectivity index (χ2n) is 5.34. The molecule has 1 amide bonds. The summed E-state index contributed by atoms with van der Waals surface area (Å²) in [6, 6.07) is 14.2. The van der Waals surface area contributed by atoms with Crippen LogP contribution in [0.1, 0.15) is 18.1 Å². The van der Waals surface area contributed by atoms with Crippen molar-refractivity contribution in [3.8, 4) is 5.69 Å². The lowest BCUT2D eigenvalue weighted by atomic mass is 10.1. The van der Waals surface area contributed by atoms with Crippen LogP contribution in [-0.2, 0) is 4.79 Å². The van der Waals surface area contributed by atoms with E-state index in [-0.39, 0.29) is 12.3 Å². The third-order valence-electron chi connectivity index (χ3n) is 3.59. The molecule has 2 N–H and O–H groups in total. The van der Waals surface area contributed by atoms with E-state index in [4.69, 9.17) is 11.6 Å². The molecule has 1 heterocycles. The first-order chi connectivity index (χ1) is 11.6. The molecule has 2 aromatic carbocycles. The first kappa shape index (κ1) is 16.2. The fourth-order valence-electron chi connectivity index (χ4n) is 2.32. The number of imidazole rings is 1. The van der Waals surface area contributed by atoms with Crippen molar-refractivity contribution in [1.29, 1.82) is 0 Å². The molecular formula is C18H16ClN3O2. The van der Waals surface area contributed by atoms with Crippen LogP contribution in [-0.4, -0.2) is 20.6 Å². The van der Waals surface area contributed by atoms with Gasteiger partial charge in [-0.2, -0.15) is 0 Å². The fraction of sp³-hybridized carbons (Fsp3) is 0.111. The maximum atomic E-state index is 12.1. The molecule has 0 aliphatic carbocycles. The van der Waals surface area contributed by atoms with Crippen LogP contribution in [0.15, 0.2) is 67.3 Å².